The van der Waals surface area contributed by atoms with E-state index in [4.69, 9.17) is 16.0 Å². The van der Waals surface area contributed by atoms with E-state index in [2.05, 4.69) is 15.5 Å². The molecule has 1 N–H and O–H groups in total. The zero-order chi connectivity index (χ0) is 16.4. The Labute approximate surface area is 137 Å². The van der Waals surface area contributed by atoms with Crippen LogP contribution >= 0.6 is 11.6 Å². The monoisotopic (exact) mass is 334 g/mol. The van der Waals surface area contributed by atoms with E-state index in [9.17, 15) is 9.59 Å². The molecule has 120 valence electrons. The Bertz CT molecular complexity index is 729. The largest absolute Gasteiger partial charge is 0.407 e. The van der Waals surface area contributed by atoms with Crippen molar-refractivity contribution >= 4 is 35.1 Å². The van der Waals surface area contributed by atoms with Gasteiger partial charge in [0.05, 0.1) is 5.92 Å². The van der Waals surface area contributed by atoms with Gasteiger partial charge < -0.3 is 9.32 Å². The number of hydrogen-bond donors (Lipinski definition) is 1. The highest BCUT2D eigenvalue weighted by atomic mass is 35.5. The van der Waals surface area contributed by atoms with Crippen LogP contribution < -0.4 is 10.2 Å². The maximum Gasteiger partial charge on any atom is 0.322 e. The quantitative estimate of drug-likeness (QED) is 0.928. The number of nitrogens with one attached hydrogen (secondary N) is 1. The van der Waals surface area contributed by atoms with Gasteiger partial charge in [0.25, 0.3) is 0 Å². The highest BCUT2D eigenvalue weighted by molar-refractivity contribution is 6.30. The molecule has 23 heavy (non-hydrogen) atoms. The number of rotatable bonds is 4. The van der Waals surface area contributed by atoms with Crippen molar-refractivity contribution in [3.8, 4) is 0 Å². The van der Waals surface area contributed by atoms with E-state index in [1.165, 1.54) is 0 Å². The molecule has 1 saturated heterocycles. The summed E-state index contributed by atoms with van der Waals surface area (Å²) in [6, 6.07) is 7.13. The number of benzene rings is 1. The number of nitrogens with zero attached hydrogens (tertiary/aromatic N) is 3. The summed E-state index contributed by atoms with van der Waals surface area (Å²) in [5.74, 6) is -0.0701. The molecule has 3 rings (SSSR count). The van der Waals surface area contributed by atoms with Crippen molar-refractivity contribution in [3.05, 3.63) is 35.2 Å². The van der Waals surface area contributed by atoms with E-state index < -0.39 is 0 Å². The van der Waals surface area contributed by atoms with Gasteiger partial charge >= 0.3 is 6.01 Å². The van der Waals surface area contributed by atoms with Crippen LogP contribution in [0.15, 0.2) is 28.7 Å². The highest BCUT2D eigenvalue weighted by Crippen LogP contribution is 2.32. The van der Waals surface area contributed by atoms with Crippen LogP contribution in [0.2, 0.25) is 5.02 Å². The van der Waals surface area contributed by atoms with E-state index >= 15 is 0 Å². The minimum absolute atomic E-state index is 0.0188. The number of anilines is 2. The fourth-order valence-corrected chi connectivity index (χ4v) is 2.53. The predicted octanol–water partition coefficient (Wildman–Crippen LogP) is 2.59. The summed E-state index contributed by atoms with van der Waals surface area (Å²) in [4.78, 5) is 25.2. The molecule has 0 spiro atoms. The normalized spacial score (nSPS) is 17.6. The Morgan fingerprint density at radius 2 is 2.13 bits per heavy atom. The van der Waals surface area contributed by atoms with Crippen LogP contribution in [0.4, 0.5) is 11.7 Å². The van der Waals surface area contributed by atoms with Crippen LogP contribution in [0.3, 0.4) is 0 Å². The molecule has 2 amide bonds. The smallest absolute Gasteiger partial charge is 0.322 e. The molecule has 2 heterocycles. The Kier molecular flexibility index (Phi) is 4.29. The topological polar surface area (TPSA) is 88.3 Å². The predicted molar refractivity (Wildman–Crippen MR) is 84.4 cm³/mol. The average Bonchev–Trinajstić information content (AvgIpc) is 3.15. The summed E-state index contributed by atoms with van der Waals surface area (Å²) in [5, 5.41) is 10.8. The lowest BCUT2D eigenvalue weighted by molar-refractivity contribution is -0.117. The van der Waals surface area contributed by atoms with Gasteiger partial charge in [-0.05, 0) is 24.3 Å². The van der Waals surface area contributed by atoms with Crippen molar-refractivity contribution in [2.24, 2.45) is 0 Å². The Balaban J connectivity index is 1.72. The summed E-state index contributed by atoms with van der Waals surface area (Å²) < 4.78 is 5.44. The molecule has 0 aliphatic carbocycles. The minimum Gasteiger partial charge on any atom is -0.407 e. The van der Waals surface area contributed by atoms with Crippen LogP contribution in [-0.4, -0.2) is 28.6 Å². The lowest BCUT2D eigenvalue weighted by atomic mass is 10.1. The van der Waals surface area contributed by atoms with Crippen LogP contribution in [-0.2, 0) is 9.59 Å². The lowest BCUT2D eigenvalue weighted by Crippen LogP contribution is -2.24. The van der Waals surface area contributed by atoms with Crippen molar-refractivity contribution in [2.45, 2.75) is 25.7 Å². The molecule has 0 saturated carbocycles. The van der Waals surface area contributed by atoms with Gasteiger partial charge in [-0.2, -0.15) is 0 Å². The first kappa shape index (κ1) is 15.5. The standard InChI is InChI=1S/C15H15ClN4O3/c1-2-12(21)17-15-19-18-14(23-15)9-7-13(22)20(8-9)11-5-3-10(16)4-6-11/h3-6,9H,2,7-8H2,1H3,(H,17,19,21). The van der Waals surface area contributed by atoms with Gasteiger partial charge in [-0.25, -0.2) is 0 Å². The number of amides is 2. The SMILES string of the molecule is CCC(=O)Nc1nnc(C2CC(=O)N(c3ccc(Cl)cc3)C2)o1. The van der Waals surface area contributed by atoms with E-state index in [0.29, 0.717) is 23.9 Å². The first-order valence-corrected chi connectivity index (χ1v) is 7.63. The Morgan fingerprint density at radius 1 is 1.39 bits per heavy atom. The molecule has 1 aliphatic heterocycles. The maximum absolute atomic E-state index is 12.2. The zero-order valence-electron chi connectivity index (χ0n) is 12.5. The molecule has 1 aromatic carbocycles. The van der Waals surface area contributed by atoms with E-state index in [1.807, 2.05) is 0 Å². The average molecular weight is 335 g/mol. The van der Waals surface area contributed by atoms with Crippen molar-refractivity contribution in [1.82, 2.24) is 10.2 Å². The van der Waals surface area contributed by atoms with E-state index in [0.717, 1.165) is 5.69 Å². The molecule has 7 nitrogen and oxygen atoms in total. The number of aromatic nitrogens is 2. The summed E-state index contributed by atoms with van der Waals surface area (Å²) in [5.41, 5.74) is 0.779. The number of halogens is 1. The maximum atomic E-state index is 12.2. The molecule has 0 bridgehead atoms. The van der Waals surface area contributed by atoms with Crippen LogP contribution in [0, 0.1) is 0 Å². The molecule has 2 aromatic rings. The summed E-state index contributed by atoms with van der Waals surface area (Å²) in [6.07, 6.45) is 0.607. The summed E-state index contributed by atoms with van der Waals surface area (Å²) in [7, 11) is 0. The molecule has 1 fully saturated rings. The van der Waals surface area contributed by atoms with Crippen molar-refractivity contribution in [2.75, 3.05) is 16.8 Å². The second kappa shape index (κ2) is 6.37. The molecule has 1 atom stereocenters. The first-order chi connectivity index (χ1) is 11.1. The number of carbonyl (C=O) groups excluding carboxylic acids is 2. The highest BCUT2D eigenvalue weighted by Gasteiger charge is 2.35. The minimum atomic E-state index is -0.203. The van der Waals surface area contributed by atoms with Gasteiger partial charge in [0.2, 0.25) is 17.7 Å². The number of hydrogen-bond acceptors (Lipinski definition) is 5. The Morgan fingerprint density at radius 3 is 2.83 bits per heavy atom. The van der Waals surface area contributed by atoms with E-state index in [-0.39, 0.29) is 30.2 Å². The molecule has 1 unspecified atom stereocenters. The van der Waals surface area contributed by atoms with Gasteiger partial charge in [-0.1, -0.05) is 23.6 Å². The fraction of sp³-hybridized carbons (Fsp3) is 0.333. The van der Waals surface area contributed by atoms with Gasteiger partial charge in [-0.15, -0.1) is 5.10 Å². The first-order valence-electron chi connectivity index (χ1n) is 7.26. The number of carbonyl (C=O) groups is 2. The van der Waals surface area contributed by atoms with E-state index in [1.54, 1.807) is 36.1 Å². The third-order valence-electron chi connectivity index (χ3n) is 3.62. The van der Waals surface area contributed by atoms with Crippen LogP contribution in [0.1, 0.15) is 31.6 Å². The zero-order valence-corrected chi connectivity index (χ0v) is 13.2. The van der Waals surface area contributed by atoms with Crippen molar-refractivity contribution < 1.29 is 14.0 Å². The lowest BCUT2D eigenvalue weighted by Gasteiger charge is -2.15. The van der Waals surface area contributed by atoms with Gasteiger partial charge in [0, 0.05) is 30.1 Å². The van der Waals surface area contributed by atoms with Gasteiger partial charge in [0.1, 0.15) is 0 Å². The van der Waals surface area contributed by atoms with Crippen molar-refractivity contribution in [1.29, 1.82) is 0 Å². The van der Waals surface area contributed by atoms with Gasteiger partial charge in [0.15, 0.2) is 0 Å². The molecular formula is C15H15ClN4O3. The Hall–Kier alpha value is -2.41. The molecule has 1 aliphatic rings. The van der Waals surface area contributed by atoms with Crippen molar-refractivity contribution in [3.63, 3.8) is 0 Å². The van der Waals surface area contributed by atoms with Gasteiger partial charge in [-0.3, -0.25) is 14.9 Å². The third-order valence-corrected chi connectivity index (χ3v) is 3.87. The molecule has 8 heteroatoms. The molecule has 0 radical (unpaired) electrons. The van der Waals surface area contributed by atoms with Crippen LogP contribution in [0.25, 0.3) is 0 Å². The fourth-order valence-electron chi connectivity index (χ4n) is 2.40. The second-order valence-corrected chi connectivity index (χ2v) is 5.67. The summed E-state index contributed by atoms with van der Waals surface area (Å²) in [6.45, 7) is 2.18. The third kappa shape index (κ3) is 3.34. The molecular weight excluding hydrogens is 320 g/mol. The second-order valence-electron chi connectivity index (χ2n) is 5.23. The summed E-state index contributed by atoms with van der Waals surface area (Å²) >= 11 is 5.86. The van der Waals surface area contributed by atoms with Crippen LogP contribution in [0.5, 0.6) is 0 Å². The molecule has 1 aromatic heterocycles.